The summed E-state index contributed by atoms with van der Waals surface area (Å²) in [7, 11) is -4.67. The third kappa shape index (κ3) is 3430. The SMILES string of the molecule is C[C](C)(C)[Ni].O=S(=O)(O)O. The second-order valence-corrected chi connectivity index (χ2v) is 4.80. The van der Waals surface area contributed by atoms with E-state index < -0.39 is 10.4 Å². The molecule has 0 spiro atoms. The second-order valence-electron chi connectivity index (χ2n) is 2.42. The molecule has 10 heavy (non-hydrogen) atoms. The molecule has 0 aliphatic heterocycles. The van der Waals surface area contributed by atoms with Gasteiger partial charge in [-0.15, -0.1) is 0 Å². The second kappa shape index (κ2) is 4.28. The van der Waals surface area contributed by atoms with Gasteiger partial charge in [-0.25, -0.2) is 0 Å². The van der Waals surface area contributed by atoms with Gasteiger partial charge in [-0.05, 0) is 0 Å². The van der Waals surface area contributed by atoms with Gasteiger partial charge in [-0.3, -0.25) is 9.11 Å². The summed E-state index contributed by atoms with van der Waals surface area (Å²) in [5.41, 5.74) is 0. The predicted molar refractivity (Wildman–Crippen MR) is 33.9 cm³/mol. The van der Waals surface area contributed by atoms with Gasteiger partial charge in [0, 0.05) is 0 Å². The van der Waals surface area contributed by atoms with Crippen molar-refractivity contribution < 1.29 is 33.0 Å². The Kier molecular flexibility index (Phi) is 5.57. The molecule has 0 saturated heterocycles. The zero-order chi connectivity index (χ0) is 9.00. The zero-order valence-corrected chi connectivity index (χ0v) is 7.74. The first-order chi connectivity index (χ1) is 4.00. The summed E-state index contributed by atoms with van der Waals surface area (Å²) in [5.74, 6) is 0. The molecule has 0 bridgehead atoms. The summed E-state index contributed by atoms with van der Waals surface area (Å²) in [6.07, 6.45) is 0. The third-order valence-electron chi connectivity index (χ3n) is 0. The average Bonchev–Trinajstić information content (AvgIpc) is 1.12. The molecule has 6 heteroatoms. The van der Waals surface area contributed by atoms with E-state index in [1.165, 1.54) is 0 Å². The Hall–Kier alpha value is 0.364. The van der Waals surface area contributed by atoms with Crippen molar-refractivity contribution in [3.8, 4) is 0 Å². The summed E-state index contributed by atoms with van der Waals surface area (Å²) in [6, 6.07) is 0. The first-order valence-corrected chi connectivity index (χ1v) is 4.25. The van der Waals surface area contributed by atoms with Gasteiger partial charge in [-0.1, -0.05) is 0 Å². The molecule has 0 aromatic heterocycles. The molecule has 0 atom stereocenters. The van der Waals surface area contributed by atoms with Gasteiger partial charge in [0.05, 0.1) is 0 Å². The molecule has 0 fully saturated rings. The van der Waals surface area contributed by atoms with E-state index in [-0.39, 0.29) is 4.38 Å². The van der Waals surface area contributed by atoms with E-state index in [0.717, 1.165) is 0 Å². The Balaban J connectivity index is 0. The van der Waals surface area contributed by atoms with Gasteiger partial charge in [-0.2, -0.15) is 8.42 Å². The van der Waals surface area contributed by atoms with Crippen LogP contribution in [0.1, 0.15) is 20.8 Å². The van der Waals surface area contributed by atoms with Crippen LogP contribution in [0.25, 0.3) is 0 Å². The molecule has 67 valence electrons. The molecule has 2 N–H and O–H groups in total. The van der Waals surface area contributed by atoms with E-state index >= 15 is 0 Å². The Bertz CT molecular complexity index is 152. The summed E-state index contributed by atoms with van der Waals surface area (Å²) in [4.78, 5) is 0. The van der Waals surface area contributed by atoms with Crippen molar-refractivity contribution in [2.24, 2.45) is 0 Å². The number of hydrogen-bond acceptors (Lipinski definition) is 2. The number of hydrogen-bond donors (Lipinski definition) is 2. The van der Waals surface area contributed by atoms with E-state index in [1.807, 2.05) is 20.8 Å². The van der Waals surface area contributed by atoms with Gasteiger partial charge in [0.2, 0.25) is 0 Å². The minimum absolute atomic E-state index is 0.125. The van der Waals surface area contributed by atoms with Crippen molar-refractivity contribution in [2.45, 2.75) is 25.2 Å². The maximum atomic E-state index is 8.74. The maximum Gasteiger partial charge on any atom is 0.394 e. The molecule has 0 aromatic rings. The van der Waals surface area contributed by atoms with Crippen molar-refractivity contribution in [3.05, 3.63) is 0 Å². The molecular formula is C4H11NiO4S. The average molecular weight is 214 g/mol. The van der Waals surface area contributed by atoms with Crippen molar-refractivity contribution >= 4 is 10.4 Å². The van der Waals surface area contributed by atoms with Crippen LogP contribution in [0.2, 0.25) is 4.38 Å². The minimum atomic E-state index is -4.67. The molecule has 0 saturated carbocycles. The van der Waals surface area contributed by atoms with Gasteiger partial charge < -0.3 is 0 Å². The Morgan fingerprint density at radius 2 is 1.20 bits per heavy atom. The largest absolute Gasteiger partial charge is 0.394 e. The molecule has 0 aliphatic rings. The van der Waals surface area contributed by atoms with Crippen LogP contribution < -0.4 is 0 Å². The molecular weight excluding hydrogens is 203 g/mol. The van der Waals surface area contributed by atoms with Crippen LogP contribution >= 0.6 is 0 Å². The van der Waals surface area contributed by atoms with E-state index in [0.29, 0.717) is 0 Å². The molecule has 0 aliphatic carbocycles. The molecule has 0 aromatic carbocycles. The van der Waals surface area contributed by atoms with Crippen molar-refractivity contribution in [1.29, 1.82) is 0 Å². The Morgan fingerprint density at radius 1 is 1.20 bits per heavy atom. The molecule has 0 radical (unpaired) electrons. The third-order valence-corrected chi connectivity index (χ3v) is 0. The topological polar surface area (TPSA) is 74.6 Å². The standard InChI is InChI=1S/C4H9.Ni.H2O4S/c1-4(2)3;;1-5(2,3)4/h1-3H3;;(H2,1,2,3,4). The monoisotopic (exact) mass is 213 g/mol. The maximum absolute atomic E-state index is 8.74. The zero-order valence-electron chi connectivity index (χ0n) is 5.94. The summed E-state index contributed by atoms with van der Waals surface area (Å²) in [6.45, 7) is 6.06. The van der Waals surface area contributed by atoms with Gasteiger partial charge >= 0.3 is 51.0 Å². The van der Waals surface area contributed by atoms with Gasteiger partial charge in [0.15, 0.2) is 0 Å². The van der Waals surface area contributed by atoms with Crippen LogP contribution in [-0.4, -0.2) is 17.5 Å². The molecule has 0 unspecified atom stereocenters. The Morgan fingerprint density at radius 3 is 1.20 bits per heavy atom. The van der Waals surface area contributed by atoms with Crippen LogP contribution in [-0.2, 0) is 25.9 Å². The van der Waals surface area contributed by atoms with E-state index in [1.54, 1.807) is 0 Å². The Labute approximate surface area is 69.0 Å². The fraction of sp³-hybridized carbons (Fsp3) is 1.00. The van der Waals surface area contributed by atoms with Crippen LogP contribution in [0, 0.1) is 0 Å². The molecule has 0 amide bonds. The first-order valence-electron chi connectivity index (χ1n) is 2.36. The predicted octanol–water partition coefficient (Wildman–Crippen LogP) is 1.10. The van der Waals surface area contributed by atoms with Gasteiger partial charge in [0.25, 0.3) is 0 Å². The van der Waals surface area contributed by atoms with Crippen LogP contribution in [0.4, 0.5) is 0 Å². The molecule has 0 rings (SSSR count). The minimum Gasteiger partial charge on any atom is -0.264 e. The van der Waals surface area contributed by atoms with Crippen molar-refractivity contribution in [1.82, 2.24) is 0 Å². The quantitative estimate of drug-likeness (QED) is 0.467. The fourth-order valence-electron chi connectivity index (χ4n) is 0. The van der Waals surface area contributed by atoms with Crippen LogP contribution in [0.5, 0.6) is 0 Å². The summed E-state index contributed by atoms with van der Waals surface area (Å²) >= 11 is 4.56. The van der Waals surface area contributed by atoms with E-state index in [2.05, 4.69) is 15.5 Å². The van der Waals surface area contributed by atoms with Crippen molar-refractivity contribution in [3.63, 3.8) is 0 Å². The van der Waals surface area contributed by atoms with Crippen LogP contribution in [0.15, 0.2) is 0 Å². The van der Waals surface area contributed by atoms with Crippen molar-refractivity contribution in [2.75, 3.05) is 0 Å². The normalized spacial score (nSPS) is 11.9. The smallest absolute Gasteiger partial charge is 0.264 e. The van der Waals surface area contributed by atoms with Crippen LogP contribution in [0.3, 0.4) is 0 Å². The molecule has 4 nitrogen and oxygen atoms in total. The summed E-state index contributed by atoms with van der Waals surface area (Å²) in [5, 5.41) is 0. The fourth-order valence-corrected chi connectivity index (χ4v) is 0. The number of rotatable bonds is 0. The van der Waals surface area contributed by atoms with Gasteiger partial charge in [0.1, 0.15) is 0 Å². The molecule has 0 heterocycles. The first kappa shape index (κ1) is 13.0. The summed E-state index contributed by atoms with van der Waals surface area (Å²) < 4.78 is 31.7. The van der Waals surface area contributed by atoms with E-state index in [9.17, 15) is 0 Å². The van der Waals surface area contributed by atoms with E-state index in [4.69, 9.17) is 17.5 Å².